The van der Waals surface area contributed by atoms with Crippen LogP contribution in [-0.4, -0.2) is 27.2 Å². The van der Waals surface area contributed by atoms with Crippen LogP contribution >= 0.6 is 0 Å². The van der Waals surface area contributed by atoms with Crippen molar-refractivity contribution in [1.82, 2.24) is 9.55 Å². The summed E-state index contributed by atoms with van der Waals surface area (Å²) in [4.78, 5) is 15.1. The molecule has 1 heterocycles. The molecule has 5 nitrogen and oxygen atoms in total. The third kappa shape index (κ3) is 3.25. The predicted molar refractivity (Wildman–Crippen MR) is 62.4 cm³/mol. The van der Waals surface area contributed by atoms with Crippen LogP contribution < -0.4 is 5.32 Å². The van der Waals surface area contributed by atoms with Gasteiger partial charge in [0.1, 0.15) is 0 Å². The van der Waals surface area contributed by atoms with Gasteiger partial charge in [-0.2, -0.15) is 0 Å². The number of rotatable bonds is 7. The zero-order valence-electron chi connectivity index (χ0n) is 9.81. The van der Waals surface area contributed by atoms with E-state index in [2.05, 4.69) is 10.3 Å². The van der Waals surface area contributed by atoms with E-state index < -0.39 is 5.97 Å². The van der Waals surface area contributed by atoms with Crippen molar-refractivity contribution in [3.8, 4) is 0 Å². The summed E-state index contributed by atoms with van der Waals surface area (Å²) < 4.78 is 1.95. The number of imidazole rings is 1. The van der Waals surface area contributed by atoms with E-state index in [9.17, 15) is 4.79 Å². The molecule has 5 heteroatoms. The second-order valence-electron chi connectivity index (χ2n) is 3.74. The second kappa shape index (κ2) is 6.15. The summed E-state index contributed by atoms with van der Waals surface area (Å²) in [7, 11) is 0. The van der Waals surface area contributed by atoms with Crippen LogP contribution in [-0.2, 0) is 11.3 Å². The molecule has 0 aliphatic heterocycles. The van der Waals surface area contributed by atoms with Gasteiger partial charge in [-0.1, -0.05) is 13.3 Å². The Morgan fingerprint density at radius 1 is 1.62 bits per heavy atom. The van der Waals surface area contributed by atoms with Gasteiger partial charge in [-0.25, -0.2) is 4.98 Å². The molecule has 0 aliphatic rings. The summed E-state index contributed by atoms with van der Waals surface area (Å²) in [5, 5.41) is 12.1. The van der Waals surface area contributed by atoms with E-state index in [1.807, 2.05) is 24.6 Å². The van der Waals surface area contributed by atoms with Gasteiger partial charge in [0, 0.05) is 25.5 Å². The molecule has 0 amide bonds. The highest BCUT2D eigenvalue weighted by Gasteiger charge is 2.16. The van der Waals surface area contributed by atoms with Gasteiger partial charge in [0.15, 0.2) is 0 Å². The summed E-state index contributed by atoms with van der Waals surface area (Å²) >= 11 is 0. The molecular formula is C11H19N3O2. The number of nitrogens with zero attached hydrogens (tertiary/aromatic N) is 2. The highest BCUT2D eigenvalue weighted by Crippen LogP contribution is 2.09. The molecule has 0 fully saturated rings. The summed E-state index contributed by atoms with van der Waals surface area (Å²) in [5.41, 5.74) is 0. The normalized spacial score (nSPS) is 12.4. The van der Waals surface area contributed by atoms with Crippen LogP contribution in [0, 0.1) is 5.92 Å². The van der Waals surface area contributed by atoms with Crippen LogP contribution in [0.1, 0.15) is 26.7 Å². The van der Waals surface area contributed by atoms with E-state index in [0.29, 0.717) is 13.0 Å². The smallest absolute Gasteiger partial charge is 0.308 e. The number of nitrogens with one attached hydrogen (secondary N) is 1. The SMILES string of the molecule is CCCC(CNc1nccn1CC)C(=O)O. The summed E-state index contributed by atoms with van der Waals surface area (Å²) in [6.45, 7) is 5.27. The molecule has 2 N–H and O–H groups in total. The lowest BCUT2D eigenvalue weighted by atomic mass is 10.0. The molecule has 1 aromatic rings. The Balaban J connectivity index is 2.51. The number of hydrogen-bond donors (Lipinski definition) is 2. The Hall–Kier alpha value is -1.52. The first-order chi connectivity index (χ1) is 7.69. The number of carbonyl (C=O) groups is 1. The Labute approximate surface area is 95.5 Å². The summed E-state index contributed by atoms with van der Waals surface area (Å²) in [5.74, 6) is -0.346. The van der Waals surface area contributed by atoms with Crippen molar-refractivity contribution in [2.24, 2.45) is 5.92 Å². The second-order valence-corrected chi connectivity index (χ2v) is 3.74. The van der Waals surface area contributed by atoms with Crippen LogP contribution in [0.25, 0.3) is 0 Å². The highest BCUT2D eigenvalue weighted by atomic mass is 16.4. The standard InChI is InChI=1S/C11H19N3O2/c1-3-5-9(10(15)16)8-13-11-12-6-7-14(11)4-2/h6-7,9H,3-5,8H2,1-2H3,(H,12,13)(H,15,16). The van der Waals surface area contributed by atoms with E-state index in [1.54, 1.807) is 6.20 Å². The van der Waals surface area contributed by atoms with Crippen LogP contribution in [0.4, 0.5) is 5.95 Å². The third-order valence-electron chi connectivity index (χ3n) is 2.55. The number of aromatic nitrogens is 2. The molecule has 0 saturated heterocycles. The van der Waals surface area contributed by atoms with Gasteiger partial charge in [-0.3, -0.25) is 4.79 Å². The quantitative estimate of drug-likeness (QED) is 0.742. The van der Waals surface area contributed by atoms with Gasteiger partial charge < -0.3 is 15.0 Å². The molecule has 0 bridgehead atoms. The number of anilines is 1. The Bertz CT molecular complexity index is 336. The maximum absolute atomic E-state index is 10.9. The van der Waals surface area contributed by atoms with Crippen molar-refractivity contribution < 1.29 is 9.90 Å². The molecule has 0 aliphatic carbocycles. The lowest BCUT2D eigenvalue weighted by molar-refractivity contribution is -0.141. The monoisotopic (exact) mass is 225 g/mol. The topological polar surface area (TPSA) is 67.2 Å². The molecule has 90 valence electrons. The maximum atomic E-state index is 10.9. The first kappa shape index (κ1) is 12.5. The molecule has 1 unspecified atom stereocenters. The molecule has 1 atom stereocenters. The summed E-state index contributed by atoms with van der Waals surface area (Å²) in [6.07, 6.45) is 5.15. The largest absolute Gasteiger partial charge is 0.481 e. The molecule has 0 spiro atoms. The summed E-state index contributed by atoms with van der Waals surface area (Å²) in [6, 6.07) is 0. The van der Waals surface area contributed by atoms with Gasteiger partial charge in [0.05, 0.1) is 5.92 Å². The van der Waals surface area contributed by atoms with E-state index in [1.165, 1.54) is 0 Å². The van der Waals surface area contributed by atoms with E-state index in [0.717, 1.165) is 18.9 Å². The molecule has 1 aromatic heterocycles. The fourth-order valence-electron chi connectivity index (χ4n) is 1.61. The van der Waals surface area contributed by atoms with Crippen LogP contribution in [0.3, 0.4) is 0 Å². The van der Waals surface area contributed by atoms with Gasteiger partial charge in [0.2, 0.25) is 5.95 Å². The van der Waals surface area contributed by atoms with Gasteiger partial charge in [0.25, 0.3) is 0 Å². The van der Waals surface area contributed by atoms with Crippen molar-refractivity contribution >= 4 is 11.9 Å². The first-order valence-electron chi connectivity index (χ1n) is 5.66. The van der Waals surface area contributed by atoms with E-state index in [-0.39, 0.29) is 5.92 Å². The molecular weight excluding hydrogens is 206 g/mol. The average molecular weight is 225 g/mol. The zero-order valence-corrected chi connectivity index (χ0v) is 9.81. The highest BCUT2D eigenvalue weighted by molar-refractivity contribution is 5.70. The van der Waals surface area contributed by atoms with E-state index >= 15 is 0 Å². The van der Waals surface area contributed by atoms with Crippen LogP contribution in [0.2, 0.25) is 0 Å². The van der Waals surface area contributed by atoms with Crippen molar-refractivity contribution in [3.05, 3.63) is 12.4 Å². The minimum atomic E-state index is -0.746. The minimum Gasteiger partial charge on any atom is -0.481 e. The molecule has 0 radical (unpaired) electrons. The van der Waals surface area contributed by atoms with Crippen molar-refractivity contribution in [2.75, 3.05) is 11.9 Å². The third-order valence-corrected chi connectivity index (χ3v) is 2.55. The van der Waals surface area contributed by atoms with Crippen LogP contribution in [0.15, 0.2) is 12.4 Å². The fraction of sp³-hybridized carbons (Fsp3) is 0.636. The van der Waals surface area contributed by atoms with E-state index in [4.69, 9.17) is 5.11 Å². The Kier molecular flexibility index (Phi) is 4.82. The number of carboxylic acids is 1. The zero-order chi connectivity index (χ0) is 12.0. The number of hydrogen-bond acceptors (Lipinski definition) is 3. The Morgan fingerprint density at radius 3 is 2.94 bits per heavy atom. The van der Waals surface area contributed by atoms with Gasteiger partial charge >= 0.3 is 5.97 Å². The average Bonchev–Trinajstić information content (AvgIpc) is 2.71. The molecule has 16 heavy (non-hydrogen) atoms. The van der Waals surface area contributed by atoms with Crippen LogP contribution in [0.5, 0.6) is 0 Å². The number of aliphatic carboxylic acids is 1. The Morgan fingerprint density at radius 2 is 2.38 bits per heavy atom. The van der Waals surface area contributed by atoms with Crippen molar-refractivity contribution in [1.29, 1.82) is 0 Å². The lowest BCUT2D eigenvalue weighted by Crippen LogP contribution is -2.23. The predicted octanol–water partition coefficient (Wildman–Crippen LogP) is 1.82. The van der Waals surface area contributed by atoms with Gasteiger partial charge in [-0.15, -0.1) is 0 Å². The molecule has 0 aromatic carbocycles. The lowest BCUT2D eigenvalue weighted by Gasteiger charge is -2.13. The first-order valence-corrected chi connectivity index (χ1v) is 5.66. The fourth-order valence-corrected chi connectivity index (χ4v) is 1.61. The van der Waals surface area contributed by atoms with Gasteiger partial charge in [-0.05, 0) is 13.3 Å². The van der Waals surface area contributed by atoms with Crippen molar-refractivity contribution in [2.45, 2.75) is 33.2 Å². The van der Waals surface area contributed by atoms with Crippen molar-refractivity contribution in [3.63, 3.8) is 0 Å². The maximum Gasteiger partial charge on any atom is 0.308 e. The number of aryl methyl sites for hydroxylation is 1. The molecule has 0 saturated carbocycles. The minimum absolute atomic E-state index is 0.341. The number of carboxylic acid groups (broad SMARTS) is 1. The molecule has 1 rings (SSSR count).